The fourth-order valence-corrected chi connectivity index (χ4v) is 2.80. The van der Waals surface area contributed by atoms with Gasteiger partial charge in [-0.25, -0.2) is 0 Å². The predicted octanol–water partition coefficient (Wildman–Crippen LogP) is 3.37. The van der Waals surface area contributed by atoms with Crippen LogP contribution in [0.15, 0.2) is 24.3 Å². The van der Waals surface area contributed by atoms with E-state index in [1.807, 2.05) is 0 Å². The summed E-state index contributed by atoms with van der Waals surface area (Å²) in [7, 11) is 0. The van der Waals surface area contributed by atoms with Gasteiger partial charge in [0.05, 0.1) is 0 Å². The van der Waals surface area contributed by atoms with E-state index >= 15 is 0 Å². The molecule has 1 aliphatic heterocycles. The molecule has 0 radical (unpaired) electrons. The Morgan fingerprint density at radius 1 is 1.33 bits per heavy atom. The second kappa shape index (κ2) is 4.83. The first kappa shape index (κ1) is 11.4. The van der Waals surface area contributed by atoms with Crippen molar-refractivity contribution in [1.82, 2.24) is 5.32 Å². The molecule has 1 N–H and O–H groups in total. The number of hydrogen-bond acceptors (Lipinski definition) is 1. The molecule has 1 aromatic rings. The van der Waals surface area contributed by atoms with Crippen molar-refractivity contribution in [1.29, 1.82) is 0 Å². The molecule has 0 bridgehead atoms. The zero-order valence-electron chi connectivity index (χ0n) is 9.22. The van der Waals surface area contributed by atoms with E-state index < -0.39 is 0 Å². The SMILES string of the molecule is CCC1(Cc2ccc(I)cc2)CCCN1. The van der Waals surface area contributed by atoms with Crippen molar-refractivity contribution >= 4 is 22.6 Å². The average Bonchev–Trinajstić information content (AvgIpc) is 2.71. The largest absolute Gasteiger partial charge is 0.311 e. The van der Waals surface area contributed by atoms with E-state index in [1.165, 1.54) is 41.4 Å². The van der Waals surface area contributed by atoms with Gasteiger partial charge in [0.2, 0.25) is 0 Å². The number of rotatable bonds is 3. The van der Waals surface area contributed by atoms with Crippen LogP contribution in [0.4, 0.5) is 0 Å². The Bertz CT molecular complexity index is 312. The molecule has 1 aliphatic rings. The molecule has 1 fully saturated rings. The van der Waals surface area contributed by atoms with Gasteiger partial charge in [-0.1, -0.05) is 19.1 Å². The first-order chi connectivity index (χ1) is 7.24. The van der Waals surface area contributed by atoms with Crippen molar-refractivity contribution in [3.8, 4) is 0 Å². The smallest absolute Gasteiger partial charge is 0.0219 e. The van der Waals surface area contributed by atoms with Crippen LogP contribution in [0.25, 0.3) is 0 Å². The Hall–Kier alpha value is -0.0900. The maximum absolute atomic E-state index is 3.68. The molecule has 15 heavy (non-hydrogen) atoms. The fourth-order valence-electron chi connectivity index (χ4n) is 2.44. The van der Waals surface area contributed by atoms with E-state index in [4.69, 9.17) is 0 Å². The Morgan fingerprint density at radius 2 is 2.07 bits per heavy atom. The lowest BCUT2D eigenvalue weighted by Gasteiger charge is -2.28. The van der Waals surface area contributed by atoms with Crippen LogP contribution in [0.1, 0.15) is 31.7 Å². The molecule has 0 saturated carbocycles. The third-order valence-corrected chi connectivity index (χ3v) is 4.18. The van der Waals surface area contributed by atoms with Crippen molar-refractivity contribution < 1.29 is 0 Å². The monoisotopic (exact) mass is 315 g/mol. The van der Waals surface area contributed by atoms with E-state index in [1.54, 1.807) is 0 Å². The van der Waals surface area contributed by atoms with Crippen molar-refractivity contribution in [2.24, 2.45) is 0 Å². The lowest BCUT2D eigenvalue weighted by Crippen LogP contribution is -2.41. The van der Waals surface area contributed by atoms with E-state index in [0.29, 0.717) is 5.54 Å². The van der Waals surface area contributed by atoms with Crippen molar-refractivity contribution in [2.45, 2.75) is 38.1 Å². The van der Waals surface area contributed by atoms with E-state index in [-0.39, 0.29) is 0 Å². The first-order valence-corrected chi connectivity index (χ1v) is 6.81. The third kappa shape index (κ3) is 2.72. The van der Waals surface area contributed by atoms with Gasteiger partial charge in [-0.05, 0) is 72.5 Å². The minimum absolute atomic E-state index is 0.382. The van der Waals surface area contributed by atoms with Crippen molar-refractivity contribution in [3.63, 3.8) is 0 Å². The maximum Gasteiger partial charge on any atom is 0.0219 e. The zero-order valence-corrected chi connectivity index (χ0v) is 11.4. The van der Waals surface area contributed by atoms with E-state index in [0.717, 1.165) is 0 Å². The highest BCUT2D eigenvalue weighted by atomic mass is 127. The summed E-state index contributed by atoms with van der Waals surface area (Å²) in [6.07, 6.45) is 5.08. The highest BCUT2D eigenvalue weighted by Crippen LogP contribution is 2.27. The van der Waals surface area contributed by atoms with Crippen LogP contribution in [-0.4, -0.2) is 12.1 Å². The van der Waals surface area contributed by atoms with Crippen molar-refractivity contribution in [2.75, 3.05) is 6.54 Å². The van der Waals surface area contributed by atoms with Gasteiger partial charge >= 0.3 is 0 Å². The number of benzene rings is 1. The summed E-state index contributed by atoms with van der Waals surface area (Å²) in [4.78, 5) is 0. The molecular formula is C13H18IN. The molecule has 0 amide bonds. The van der Waals surface area contributed by atoms with Crippen LogP contribution in [0.3, 0.4) is 0 Å². The maximum atomic E-state index is 3.68. The highest BCUT2D eigenvalue weighted by molar-refractivity contribution is 14.1. The molecule has 0 aromatic heterocycles. The van der Waals surface area contributed by atoms with Gasteiger partial charge in [-0.15, -0.1) is 0 Å². The topological polar surface area (TPSA) is 12.0 Å². The van der Waals surface area contributed by atoms with Gasteiger partial charge in [0.1, 0.15) is 0 Å². The highest BCUT2D eigenvalue weighted by Gasteiger charge is 2.31. The zero-order chi connectivity index (χ0) is 10.7. The average molecular weight is 315 g/mol. The summed E-state index contributed by atoms with van der Waals surface area (Å²) in [6.45, 7) is 3.49. The third-order valence-electron chi connectivity index (χ3n) is 3.46. The summed E-state index contributed by atoms with van der Waals surface area (Å²) in [5.74, 6) is 0. The molecule has 0 aliphatic carbocycles. The Kier molecular flexibility index (Phi) is 3.67. The van der Waals surface area contributed by atoms with Crippen LogP contribution in [-0.2, 0) is 6.42 Å². The van der Waals surface area contributed by atoms with Crippen LogP contribution in [0.5, 0.6) is 0 Å². The van der Waals surface area contributed by atoms with Gasteiger partial charge < -0.3 is 5.32 Å². The molecule has 1 aromatic carbocycles. The van der Waals surface area contributed by atoms with Crippen LogP contribution >= 0.6 is 22.6 Å². The number of halogens is 1. The predicted molar refractivity (Wildman–Crippen MR) is 73.1 cm³/mol. The molecule has 1 nitrogen and oxygen atoms in total. The Labute approximate surface area is 106 Å². The normalized spacial score (nSPS) is 25.7. The van der Waals surface area contributed by atoms with Gasteiger partial charge in [0, 0.05) is 9.11 Å². The van der Waals surface area contributed by atoms with E-state index in [9.17, 15) is 0 Å². The second-order valence-electron chi connectivity index (χ2n) is 4.47. The molecule has 0 spiro atoms. The summed E-state index contributed by atoms with van der Waals surface area (Å²) in [5, 5.41) is 3.68. The summed E-state index contributed by atoms with van der Waals surface area (Å²) >= 11 is 2.36. The minimum Gasteiger partial charge on any atom is -0.311 e. The van der Waals surface area contributed by atoms with Gasteiger partial charge in [0.25, 0.3) is 0 Å². The first-order valence-electron chi connectivity index (χ1n) is 5.74. The number of nitrogens with one attached hydrogen (secondary N) is 1. The molecular weight excluding hydrogens is 297 g/mol. The quantitative estimate of drug-likeness (QED) is 0.844. The lowest BCUT2D eigenvalue weighted by molar-refractivity contribution is 0.360. The van der Waals surface area contributed by atoms with Gasteiger partial charge in [-0.2, -0.15) is 0 Å². The Morgan fingerprint density at radius 3 is 2.60 bits per heavy atom. The fraction of sp³-hybridized carbons (Fsp3) is 0.538. The molecule has 1 saturated heterocycles. The van der Waals surface area contributed by atoms with Crippen LogP contribution in [0, 0.1) is 3.57 Å². The molecule has 1 unspecified atom stereocenters. The summed E-state index contributed by atoms with van der Waals surface area (Å²) in [6, 6.07) is 8.93. The van der Waals surface area contributed by atoms with Crippen LogP contribution < -0.4 is 5.32 Å². The molecule has 82 valence electrons. The minimum atomic E-state index is 0.382. The Balaban J connectivity index is 2.09. The van der Waals surface area contributed by atoms with Gasteiger partial charge in [-0.3, -0.25) is 0 Å². The van der Waals surface area contributed by atoms with Gasteiger partial charge in [0.15, 0.2) is 0 Å². The molecule has 1 atom stereocenters. The summed E-state index contributed by atoms with van der Waals surface area (Å²) in [5.41, 5.74) is 1.85. The van der Waals surface area contributed by atoms with E-state index in [2.05, 4.69) is 59.1 Å². The second-order valence-corrected chi connectivity index (χ2v) is 5.71. The lowest BCUT2D eigenvalue weighted by atomic mass is 9.87. The molecule has 1 heterocycles. The standard InChI is InChI=1S/C13H18IN/c1-2-13(8-3-9-15-13)10-11-4-6-12(14)7-5-11/h4-7,15H,2-3,8-10H2,1H3. The summed E-state index contributed by atoms with van der Waals surface area (Å²) < 4.78 is 1.32. The molecule has 2 rings (SSSR count). The molecule has 2 heteroatoms. The van der Waals surface area contributed by atoms with Crippen LogP contribution in [0.2, 0.25) is 0 Å². The number of hydrogen-bond donors (Lipinski definition) is 1. The van der Waals surface area contributed by atoms with Crippen molar-refractivity contribution in [3.05, 3.63) is 33.4 Å².